The Balaban J connectivity index is 1.74. The highest BCUT2D eigenvalue weighted by atomic mass is 16.5. The largest absolute Gasteiger partial charge is 0.507 e. The zero-order chi connectivity index (χ0) is 23.2. The highest BCUT2D eigenvalue weighted by Gasteiger charge is 2.34. The van der Waals surface area contributed by atoms with Crippen LogP contribution < -0.4 is 4.74 Å². The standard InChI is InChI=1S/C27H44O4/c1-18(12-8-14-24(28)29)10-7-11-19(2)13-9-16-27(6)17-15-23-22(5)25(30)20(3)21(4)26(23)31-27/h18-19,30H,7-17H2,1-6H3,(H,28,29)/t18-,19+,27+/m0/s1. The molecule has 1 aliphatic heterocycles. The SMILES string of the molecule is Cc1c(C)c2c(c(C)c1O)CC[C@@](C)(CCC[C@H](C)CCC[C@H](C)CCCC(=O)O)O2. The van der Waals surface area contributed by atoms with Crippen LogP contribution in [0.5, 0.6) is 11.5 Å². The molecule has 31 heavy (non-hydrogen) atoms. The molecular formula is C27H44O4. The van der Waals surface area contributed by atoms with Crippen LogP contribution in [-0.4, -0.2) is 21.8 Å². The van der Waals surface area contributed by atoms with Gasteiger partial charge in [0.15, 0.2) is 0 Å². The number of hydrogen-bond donors (Lipinski definition) is 2. The summed E-state index contributed by atoms with van der Waals surface area (Å²) in [6.07, 6.45) is 11.3. The van der Waals surface area contributed by atoms with Gasteiger partial charge in [0.05, 0.1) is 0 Å². The molecule has 0 amide bonds. The minimum atomic E-state index is -0.682. The lowest BCUT2D eigenvalue weighted by Gasteiger charge is -2.38. The number of hydrogen-bond acceptors (Lipinski definition) is 3. The van der Waals surface area contributed by atoms with E-state index in [9.17, 15) is 9.90 Å². The number of carboxylic acids is 1. The van der Waals surface area contributed by atoms with Crippen molar-refractivity contribution in [3.63, 3.8) is 0 Å². The molecule has 1 heterocycles. The molecule has 176 valence electrons. The second-order valence-electron chi connectivity index (χ2n) is 10.4. The molecule has 0 aromatic heterocycles. The van der Waals surface area contributed by atoms with Gasteiger partial charge in [0.1, 0.15) is 17.1 Å². The number of ether oxygens (including phenoxy) is 1. The lowest BCUT2D eigenvalue weighted by molar-refractivity contribution is -0.137. The Labute approximate surface area is 189 Å². The molecular weight excluding hydrogens is 388 g/mol. The molecule has 0 aliphatic carbocycles. The number of phenols is 1. The van der Waals surface area contributed by atoms with Crippen molar-refractivity contribution in [3.05, 3.63) is 22.3 Å². The minimum absolute atomic E-state index is 0.119. The number of rotatable bonds is 12. The van der Waals surface area contributed by atoms with Crippen LogP contribution in [0.15, 0.2) is 0 Å². The third-order valence-electron chi connectivity index (χ3n) is 7.48. The van der Waals surface area contributed by atoms with Gasteiger partial charge in [-0.25, -0.2) is 0 Å². The number of benzene rings is 1. The summed E-state index contributed by atoms with van der Waals surface area (Å²) in [4.78, 5) is 10.6. The number of phenolic OH excluding ortho intramolecular Hbond substituents is 1. The van der Waals surface area contributed by atoms with Crippen molar-refractivity contribution >= 4 is 5.97 Å². The fourth-order valence-corrected chi connectivity index (χ4v) is 5.00. The minimum Gasteiger partial charge on any atom is -0.507 e. The maximum atomic E-state index is 10.6. The predicted molar refractivity (Wildman–Crippen MR) is 127 cm³/mol. The van der Waals surface area contributed by atoms with Crippen molar-refractivity contribution in [1.29, 1.82) is 0 Å². The Bertz CT molecular complexity index is 754. The van der Waals surface area contributed by atoms with Crippen LogP contribution in [0.4, 0.5) is 0 Å². The topological polar surface area (TPSA) is 66.8 Å². The summed E-state index contributed by atoms with van der Waals surface area (Å²) in [7, 11) is 0. The lowest BCUT2D eigenvalue weighted by Crippen LogP contribution is -2.37. The molecule has 4 nitrogen and oxygen atoms in total. The summed E-state index contributed by atoms with van der Waals surface area (Å²) in [6, 6.07) is 0. The molecule has 4 heteroatoms. The Morgan fingerprint density at radius 3 is 2.16 bits per heavy atom. The Hall–Kier alpha value is -1.71. The Morgan fingerprint density at radius 1 is 0.968 bits per heavy atom. The van der Waals surface area contributed by atoms with Crippen molar-refractivity contribution in [1.82, 2.24) is 0 Å². The smallest absolute Gasteiger partial charge is 0.303 e. The first-order chi connectivity index (χ1) is 14.5. The molecule has 0 bridgehead atoms. The quantitative estimate of drug-likeness (QED) is 0.364. The van der Waals surface area contributed by atoms with E-state index in [1.807, 2.05) is 13.8 Å². The van der Waals surface area contributed by atoms with Gasteiger partial charge in [-0.2, -0.15) is 0 Å². The molecule has 0 unspecified atom stereocenters. The van der Waals surface area contributed by atoms with E-state index < -0.39 is 5.97 Å². The van der Waals surface area contributed by atoms with Gasteiger partial charge in [-0.15, -0.1) is 0 Å². The van der Waals surface area contributed by atoms with Crippen LogP contribution in [0, 0.1) is 32.6 Å². The van der Waals surface area contributed by atoms with Crippen LogP contribution in [0.2, 0.25) is 0 Å². The van der Waals surface area contributed by atoms with Gasteiger partial charge in [0.2, 0.25) is 0 Å². The molecule has 0 saturated carbocycles. The summed E-state index contributed by atoms with van der Waals surface area (Å²) >= 11 is 0. The molecule has 0 fully saturated rings. The summed E-state index contributed by atoms with van der Waals surface area (Å²) in [6.45, 7) is 12.9. The predicted octanol–water partition coefficient (Wildman–Crippen LogP) is 7.27. The van der Waals surface area contributed by atoms with Gasteiger partial charge in [0, 0.05) is 12.0 Å². The van der Waals surface area contributed by atoms with Crippen molar-refractivity contribution in [2.75, 3.05) is 0 Å². The van der Waals surface area contributed by atoms with Gasteiger partial charge in [-0.1, -0.05) is 46.0 Å². The van der Waals surface area contributed by atoms with Crippen molar-refractivity contribution in [2.45, 2.75) is 118 Å². The van der Waals surface area contributed by atoms with E-state index in [2.05, 4.69) is 27.7 Å². The highest BCUT2D eigenvalue weighted by molar-refractivity contribution is 5.66. The summed E-state index contributed by atoms with van der Waals surface area (Å²) in [5.74, 6) is 2.09. The van der Waals surface area contributed by atoms with E-state index in [0.717, 1.165) is 54.5 Å². The van der Waals surface area contributed by atoms with Crippen LogP contribution in [0.3, 0.4) is 0 Å². The molecule has 0 spiro atoms. The summed E-state index contributed by atoms with van der Waals surface area (Å²) < 4.78 is 6.56. The Kier molecular flexibility index (Phi) is 9.27. The van der Waals surface area contributed by atoms with Crippen LogP contribution in [-0.2, 0) is 11.2 Å². The molecule has 0 saturated heterocycles. The van der Waals surface area contributed by atoms with Crippen LogP contribution in [0.1, 0.15) is 107 Å². The fraction of sp³-hybridized carbons (Fsp3) is 0.741. The monoisotopic (exact) mass is 432 g/mol. The van der Waals surface area contributed by atoms with Crippen molar-refractivity contribution < 1.29 is 19.7 Å². The number of aliphatic carboxylic acids is 1. The van der Waals surface area contributed by atoms with Gasteiger partial charge < -0.3 is 14.9 Å². The molecule has 1 aromatic rings. The molecule has 1 aromatic carbocycles. The first-order valence-corrected chi connectivity index (χ1v) is 12.3. The fourth-order valence-electron chi connectivity index (χ4n) is 5.00. The van der Waals surface area contributed by atoms with Gasteiger partial charge in [-0.05, 0) is 88.3 Å². The zero-order valence-corrected chi connectivity index (χ0v) is 20.6. The number of carbonyl (C=O) groups is 1. The second kappa shape index (κ2) is 11.2. The molecule has 2 rings (SSSR count). The third kappa shape index (κ3) is 7.15. The van der Waals surface area contributed by atoms with Crippen LogP contribution >= 0.6 is 0 Å². The van der Waals surface area contributed by atoms with Crippen LogP contribution in [0.25, 0.3) is 0 Å². The van der Waals surface area contributed by atoms with Gasteiger partial charge >= 0.3 is 5.97 Å². The zero-order valence-electron chi connectivity index (χ0n) is 20.6. The van der Waals surface area contributed by atoms with Gasteiger partial charge in [0.25, 0.3) is 0 Å². The molecule has 0 radical (unpaired) electrons. The normalized spacial score (nSPS) is 20.1. The maximum absolute atomic E-state index is 10.6. The number of aromatic hydroxyl groups is 1. The summed E-state index contributed by atoms with van der Waals surface area (Å²) in [5, 5.41) is 19.1. The lowest BCUT2D eigenvalue weighted by atomic mass is 9.84. The molecule has 1 aliphatic rings. The average molecular weight is 433 g/mol. The van der Waals surface area contributed by atoms with Crippen molar-refractivity contribution in [3.8, 4) is 11.5 Å². The number of carboxylic acid groups (broad SMARTS) is 1. The average Bonchev–Trinajstić information content (AvgIpc) is 2.70. The van der Waals surface area contributed by atoms with E-state index >= 15 is 0 Å². The first kappa shape index (κ1) is 25.5. The maximum Gasteiger partial charge on any atom is 0.303 e. The van der Waals surface area contributed by atoms with E-state index in [1.54, 1.807) is 0 Å². The van der Waals surface area contributed by atoms with Gasteiger partial charge in [-0.3, -0.25) is 4.79 Å². The van der Waals surface area contributed by atoms with E-state index in [4.69, 9.17) is 9.84 Å². The second-order valence-corrected chi connectivity index (χ2v) is 10.4. The van der Waals surface area contributed by atoms with E-state index in [0.29, 0.717) is 24.0 Å². The summed E-state index contributed by atoms with van der Waals surface area (Å²) in [5.41, 5.74) is 4.06. The molecule has 3 atom stereocenters. The Morgan fingerprint density at radius 2 is 1.55 bits per heavy atom. The highest BCUT2D eigenvalue weighted by Crippen LogP contribution is 2.44. The third-order valence-corrected chi connectivity index (χ3v) is 7.48. The number of fused-ring (bicyclic) bond motifs is 1. The van der Waals surface area contributed by atoms with E-state index in [1.165, 1.54) is 37.7 Å². The van der Waals surface area contributed by atoms with Crippen molar-refractivity contribution in [2.24, 2.45) is 11.8 Å². The first-order valence-electron chi connectivity index (χ1n) is 12.3. The van der Waals surface area contributed by atoms with E-state index in [-0.39, 0.29) is 5.60 Å². The molecule has 2 N–H and O–H groups in total.